The summed E-state index contributed by atoms with van der Waals surface area (Å²) < 4.78 is 19.2. The number of likely N-dealkylation sites (N-methyl/N-ethyl adjacent to an activating group) is 1. The van der Waals surface area contributed by atoms with Gasteiger partial charge in [-0.25, -0.2) is 0 Å². The van der Waals surface area contributed by atoms with Crippen LogP contribution in [0.25, 0.3) is 0 Å². The summed E-state index contributed by atoms with van der Waals surface area (Å²) >= 11 is 0. The maximum atomic E-state index is 13.7. The van der Waals surface area contributed by atoms with E-state index in [-0.39, 0.29) is 12.1 Å². The van der Waals surface area contributed by atoms with Crippen LogP contribution in [-0.2, 0) is 19.7 Å². The van der Waals surface area contributed by atoms with Crippen LogP contribution in [0.2, 0.25) is 0 Å². The van der Waals surface area contributed by atoms with E-state index in [0.29, 0.717) is 24.3 Å². The lowest BCUT2D eigenvalue weighted by Crippen LogP contribution is -2.60. The molecule has 0 radical (unpaired) electrons. The van der Waals surface area contributed by atoms with Crippen LogP contribution in [0.5, 0.6) is 11.5 Å². The minimum Gasteiger partial charge on any atom is -0.461 e. The van der Waals surface area contributed by atoms with E-state index in [1.165, 1.54) is 0 Å². The van der Waals surface area contributed by atoms with Crippen molar-refractivity contribution in [3.05, 3.63) is 59.7 Å². The lowest BCUT2D eigenvalue weighted by Gasteiger charge is -2.46. The third-order valence-electron chi connectivity index (χ3n) is 7.79. The third kappa shape index (κ3) is 2.26. The lowest BCUT2D eigenvalue weighted by atomic mass is 9.74. The normalized spacial score (nSPS) is 34.2. The molecule has 0 amide bonds. The number of benzene rings is 2. The molecular weight excluding hydrogens is 366 g/mol. The summed E-state index contributed by atoms with van der Waals surface area (Å²) in [5.41, 5.74) is 0.848. The number of para-hydroxylation sites is 2. The number of morpholine rings is 1. The van der Waals surface area contributed by atoms with Crippen molar-refractivity contribution in [2.75, 3.05) is 14.1 Å². The fourth-order valence-electron chi connectivity index (χ4n) is 5.99. The minimum absolute atomic E-state index is 0.0564. The second-order valence-electron chi connectivity index (χ2n) is 9.55. The Hall–Kier alpha value is -2.37. The van der Waals surface area contributed by atoms with Gasteiger partial charge >= 0.3 is 5.97 Å². The zero-order valence-corrected chi connectivity index (χ0v) is 17.0. The molecule has 0 spiro atoms. The Kier molecular flexibility index (Phi) is 3.38. The topological polar surface area (TPSA) is 48.1 Å². The van der Waals surface area contributed by atoms with E-state index in [1.807, 2.05) is 55.5 Å². The number of quaternary nitrogens is 1. The predicted molar refractivity (Wildman–Crippen MR) is 107 cm³/mol. The second kappa shape index (κ2) is 5.61. The highest BCUT2D eigenvalue weighted by Crippen LogP contribution is 2.53. The molecule has 4 aliphatic heterocycles. The fourth-order valence-corrected chi connectivity index (χ4v) is 5.99. The molecule has 3 saturated heterocycles. The monoisotopic (exact) mass is 392 g/mol. The Morgan fingerprint density at radius 3 is 2.03 bits per heavy atom. The lowest BCUT2D eigenvalue weighted by molar-refractivity contribution is -0.938. The van der Waals surface area contributed by atoms with Crippen molar-refractivity contribution in [2.45, 2.75) is 55.6 Å². The van der Waals surface area contributed by atoms with Crippen molar-refractivity contribution in [2.24, 2.45) is 0 Å². The number of hydrogen-bond acceptors (Lipinski definition) is 4. The van der Waals surface area contributed by atoms with Gasteiger partial charge in [0.25, 0.3) is 0 Å². The molecular formula is C24H26NO4+. The Bertz CT molecular complexity index is 950. The molecule has 150 valence electrons. The summed E-state index contributed by atoms with van der Waals surface area (Å²) in [6.07, 6.45) is 2.37. The van der Waals surface area contributed by atoms with Crippen molar-refractivity contribution in [3.8, 4) is 11.5 Å². The van der Waals surface area contributed by atoms with E-state index in [4.69, 9.17) is 14.2 Å². The SMILES string of the molecule is CC1(C(=O)OC2CC3C4O[C@@H]4[C@H](C2)[N+]3(C)C)c2ccccc2Oc2ccccc21. The van der Waals surface area contributed by atoms with Gasteiger partial charge in [0.2, 0.25) is 0 Å². The van der Waals surface area contributed by atoms with E-state index in [0.717, 1.165) is 40.0 Å². The first-order valence-corrected chi connectivity index (χ1v) is 10.5. The van der Waals surface area contributed by atoms with Crippen molar-refractivity contribution in [1.82, 2.24) is 0 Å². The van der Waals surface area contributed by atoms with E-state index in [1.54, 1.807) is 0 Å². The number of fused-ring (bicyclic) bond motifs is 7. The number of hydrogen-bond donors (Lipinski definition) is 0. The molecule has 3 unspecified atom stereocenters. The summed E-state index contributed by atoms with van der Waals surface area (Å²) in [5.74, 6) is 1.26. The summed E-state index contributed by atoms with van der Waals surface area (Å²) in [5, 5.41) is 0. The fraction of sp³-hybridized carbons (Fsp3) is 0.458. The molecule has 0 N–H and O–H groups in total. The number of ether oxygens (including phenoxy) is 3. The average Bonchev–Trinajstić information content (AvgIpc) is 3.46. The Labute approximate surface area is 170 Å². The number of carbonyl (C=O) groups is 1. The maximum absolute atomic E-state index is 13.7. The van der Waals surface area contributed by atoms with Crippen molar-refractivity contribution >= 4 is 5.97 Å². The van der Waals surface area contributed by atoms with Gasteiger partial charge in [0.05, 0.1) is 14.1 Å². The van der Waals surface area contributed by atoms with Gasteiger partial charge in [-0.15, -0.1) is 0 Å². The molecule has 2 bridgehead atoms. The summed E-state index contributed by atoms with van der Waals surface area (Å²) in [7, 11) is 4.57. The average molecular weight is 392 g/mol. The highest BCUT2D eigenvalue weighted by Gasteiger charge is 2.71. The Morgan fingerprint density at radius 1 is 0.966 bits per heavy atom. The standard InChI is InChI=1S/C24H26NO4/c1-24(15-8-4-6-10-19(15)28-20-11-7-5-9-16(20)24)23(26)27-14-12-17-21-22(29-21)18(13-14)25(17,2)3/h4-11,14,17-18,21-22H,12-13H2,1-3H3/q+1/t14?,17-,18?,21+,22?/m0/s1. The molecule has 2 aromatic rings. The van der Waals surface area contributed by atoms with Crippen LogP contribution >= 0.6 is 0 Å². The number of carbonyl (C=O) groups excluding carboxylic acids is 1. The van der Waals surface area contributed by atoms with Gasteiger partial charge in [-0.2, -0.15) is 0 Å². The van der Waals surface area contributed by atoms with Gasteiger partial charge in [0.15, 0.2) is 0 Å². The van der Waals surface area contributed by atoms with Crippen LogP contribution in [0.3, 0.4) is 0 Å². The van der Waals surface area contributed by atoms with Crippen LogP contribution in [0.4, 0.5) is 0 Å². The first kappa shape index (κ1) is 17.5. The van der Waals surface area contributed by atoms with Crippen LogP contribution in [0.15, 0.2) is 48.5 Å². The van der Waals surface area contributed by atoms with E-state index < -0.39 is 5.41 Å². The van der Waals surface area contributed by atoms with Crippen LogP contribution in [-0.4, -0.2) is 54.9 Å². The summed E-state index contributed by atoms with van der Waals surface area (Å²) in [6, 6.07) is 16.4. The highest BCUT2D eigenvalue weighted by atomic mass is 16.6. The molecule has 0 aliphatic carbocycles. The van der Waals surface area contributed by atoms with Crippen molar-refractivity contribution < 1.29 is 23.5 Å². The first-order chi connectivity index (χ1) is 13.9. The molecule has 4 heterocycles. The largest absolute Gasteiger partial charge is 0.461 e. The van der Waals surface area contributed by atoms with Gasteiger partial charge in [0, 0.05) is 24.0 Å². The molecule has 5 nitrogen and oxygen atoms in total. The third-order valence-corrected chi connectivity index (χ3v) is 7.79. The molecule has 2 aromatic carbocycles. The Morgan fingerprint density at radius 2 is 1.48 bits per heavy atom. The van der Waals surface area contributed by atoms with Gasteiger partial charge in [-0.1, -0.05) is 36.4 Å². The zero-order valence-electron chi connectivity index (χ0n) is 17.0. The number of piperidine rings is 1. The molecule has 3 fully saturated rings. The van der Waals surface area contributed by atoms with Gasteiger partial charge < -0.3 is 18.7 Å². The number of rotatable bonds is 2. The van der Waals surface area contributed by atoms with E-state index in [9.17, 15) is 4.79 Å². The molecule has 5 heteroatoms. The van der Waals surface area contributed by atoms with Crippen molar-refractivity contribution in [1.29, 1.82) is 0 Å². The zero-order chi connectivity index (χ0) is 20.0. The second-order valence-corrected chi connectivity index (χ2v) is 9.55. The molecule has 6 rings (SSSR count). The predicted octanol–water partition coefficient (Wildman–Crippen LogP) is 3.40. The number of epoxide rings is 1. The van der Waals surface area contributed by atoms with Gasteiger partial charge in [-0.05, 0) is 19.1 Å². The smallest absolute Gasteiger partial charge is 0.321 e. The Balaban J connectivity index is 1.34. The molecule has 5 atom stereocenters. The first-order valence-electron chi connectivity index (χ1n) is 10.5. The number of esters is 1. The molecule has 4 aliphatic rings. The van der Waals surface area contributed by atoms with Crippen LogP contribution in [0, 0.1) is 0 Å². The van der Waals surface area contributed by atoms with Crippen LogP contribution < -0.4 is 4.74 Å². The molecule has 0 aromatic heterocycles. The van der Waals surface area contributed by atoms with E-state index >= 15 is 0 Å². The van der Waals surface area contributed by atoms with Gasteiger partial charge in [-0.3, -0.25) is 4.79 Å². The molecule has 29 heavy (non-hydrogen) atoms. The van der Waals surface area contributed by atoms with E-state index in [2.05, 4.69) is 14.1 Å². The molecule has 0 saturated carbocycles. The van der Waals surface area contributed by atoms with Gasteiger partial charge in [0.1, 0.15) is 47.3 Å². The summed E-state index contributed by atoms with van der Waals surface area (Å²) in [4.78, 5) is 13.7. The van der Waals surface area contributed by atoms with Crippen LogP contribution in [0.1, 0.15) is 30.9 Å². The highest BCUT2D eigenvalue weighted by molar-refractivity contribution is 5.90. The van der Waals surface area contributed by atoms with Crippen molar-refractivity contribution in [3.63, 3.8) is 0 Å². The summed E-state index contributed by atoms with van der Waals surface area (Å²) in [6.45, 7) is 1.97. The minimum atomic E-state index is -0.883. The quantitative estimate of drug-likeness (QED) is 0.447. The maximum Gasteiger partial charge on any atom is 0.321 e. The number of nitrogens with zero attached hydrogens (tertiary/aromatic N) is 1.